The predicted molar refractivity (Wildman–Crippen MR) is 118 cm³/mol. The number of thiazole rings is 2. The Morgan fingerprint density at radius 2 is 1.57 bits per heavy atom. The van der Waals surface area contributed by atoms with Crippen molar-refractivity contribution in [2.45, 2.75) is 4.34 Å². The largest absolute Gasteiger partial charge is 0.493 e. The molecule has 0 amide bonds. The fourth-order valence-corrected chi connectivity index (χ4v) is 5.39. The van der Waals surface area contributed by atoms with E-state index >= 15 is 0 Å². The standard InChI is InChI=1S/C19H17N3O3S3/c1-23-13-7-10(8-14(24-2)15(13)25-3)9-20-18-21-11-5-6-12-17(16(11)27-18)28-19(22-12)26-4/h5-9H,1-4H3. The van der Waals surface area contributed by atoms with Crippen molar-refractivity contribution < 1.29 is 14.2 Å². The van der Waals surface area contributed by atoms with E-state index in [0.717, 1.165) is 30.3 Å². The second-order valence-electron chi connectivity index (χ2n) is 5.66. The minimum atomic E-state index is 0.555. The summed E-state index contributed by atoms with van der Waals surface area (Å²) in [7, 11) is 4.77. The van der Waals surface area contributed by atoms with E-state index in [1.807, 2.05) is 30.5 Å². The Morgan fingerprint density at radius 3 is 2.18 bits per heavy atom. The van der Waals surface area contributed by atoms with Crippen LogP contribution in [0.4, 0.5) is 5.13 Å². The van der Waals surface area contributed by atoms with Gasteiger partial charge in [-0.1, -0.05) is 23.1 Å². The number of fused-ring (bicyclic) bond motifs is 3. The van der Waals surface area contributed by atoms with Crippen molar-refractivity contribution in [1.29, 1.82) is 0 Å². The number of nitrogens with zero attached hydrogens (tertiary/aromatic N) is 3. The van der Waals surface area contributed by atoms with Crippen molar-refractivity contribution in [3.63, 3.8) is 0 Å². The van der Waals surface area contributed by atoms with Crippen molar-refractivity contribution in [3.8, 4) is 17.2 Å². The molecule has 2 aromatic heterocycles. The molecular weight excluding hydrogens is 414 g/mol. The van der Waals surface area contributed by atoms with E-state index in [0.29, 0.717) is 22.4 Å². The third-order valence-electron chi connectivity index (χ3n) is 4.07. The Labute approximate surface area is 174 Å². The molecular formula is C19H17N3O3S3. The van der Waals surface area contributed by atoms with Gasteiger partial charge in [0.1, 0.15) is 0 Å². The lowest BCUT2D eigenvalue weighted by Crippen LogP contribution is -1.96. The zero-order chi connectivity index (χ0) is 19.7. The molecule has 0 atom stereocenters. The van der Waals surface area contributed by atoms with E-state index in [1.165, 1.54) is 0 Å². The topological polar surface area (TPSA) is 65.8 Å². The van der Waals surface area contributed by atoms with Crippen LogP contribution in [0.3, 0.4) is 0 Å². The molecule has 4 aromatic rings. The summed E-state index contributed by atoms with van der Waals surface area (Å²) in [4.78, 5) is 13.8. The fraction of sp³-hybridized carbons (Fsp3) is 0.211. The highest BCUT2D eigenvalue weighted by molar-refractivity contribution is 8.00. The summed E-state index contributed by atoms with van der Waals surface area (Å²) in [6.07, 6.45) is 3.79. The number of hydrogen-bond donors (Lipinski definition) is 0. The number of aromatic nitrogens is 2. The number of aliphatic imine (C=N–C) groups is 1. The summed E-state index contributed by atoms with van der Waals surface area (Å²) < 4.78 is 19.5. The molecule has 0 unspecified atom stereocenters. The van der Waals surface area contributed by atoms with Crippen LogP contribution >= 0.6 is 34.4 Å². The lowest BCUT2D eigenvalue weighted by molar-refractivity contribution is 0.324. The van der Waals surface area contributed by atoms with E-state index < -0.39 is 0 Å². The molecule has 0 fully saturated rings. The average molecular weight is 432 g/mol. The van der Waals surface area contributed by atoms with Crippen LogP contribution in [0.15, 0.2) is 33.6 Å². The molecule has 0 saturated carbocycles. The van der Waals surface area contributed by atoms with Gasteiger partial charge in [0.2, 0.25) is 10.9 Å². The first-order chi connectivity index (χ1) is 13.7. The second kappa shape index (κ2) is 7.94. The van der Waals surface area contributed by atoms with Crippen LogP contribution in [0.25, 0.3) is 20.4 Å². The number of hydrogen-bond acceptors (Lipinski definition) is 9. The number of methoxy groups -OCH3 is 3. The number of ether oxygens (including phenoxy) is 3. The van der Waals surface area contributed by atoms with E-state index in [1.54, 1.807) is 62.0 Å². The van der Waals surface area contributed by atoms with Gasteiger partial charge in [-0.15, -0.1) is 11.3 Å². The van der Waals surface area contributed by atoms with Crippen LogP contribution in [0.5, 0.6) is 17.2 Å². The maximum absolute atomic E-state index is 5.39. The Balaban J connectivity index is 1.72. The Hall–Kier alpha value is -2.36. The van der Waals surface area contributed by atoms with Gasteiger partial charge < -0.3 is 14.2 Å². The Kier molecular flexibility index (Phi) is 5.38. The summed E-state index contributed by atoms with van der Waals surface area (Å²) in [5.74, 6) is 1.73. The van der Waals surface area contributed by atoms with Gasteiger partial charge in [0, 0.05) is 11.8 Å². The maximum Gasteiger partial charge on any atom is 0.210 e. The van der Waals surface area contributed by atoms with Crippen molar-refractivity contribution in [1.82, 2.24) is 9.97 Å². The SMILES string of the molecule is COc1cc(C=Nc2nc3ccc4nc(SC)sc4c3s2)cc(OC)c1OC. The van der Waals surface area contributed by atoms with Gasteiger partial charge in [-0.2, -0.15) is 0 Å². The highest BCUT2D eigenvalue weighted by atomic mass is 32.2. The van der Waals surface area contributed by atoms with Gasteiger partial charge >= 0.3 is 0 Å². The lowest BCUT2D eigenvalue weighted by Gasteiger charge is -2.12. The highest BCUT2D eigenvalue weighted by Crippen LogP contribution is 2.40. The van der Waals surface area contributed by atoms with Crippen molar-refractivity contribution in [2.24, 2.45) is 4.99 Å². The molecule has 4 rings (SSSR count). The third kappa shape index (κ3) is 3.41. The predicted octanol–water partition coefficient (Wildman–Crippen LogP) is 5.40. The van der Waals surface area contributed by atoms with E-state index in [9.17, 15) is 0 Å². The van der Waals surface area contributed by atoms with Gasteiger partial charge in [0.25, 0.3) is 0 Å². The van der Waals surface area contributed by atoms with E-state index in [-0.39, 0.29) is 0 Å². The lowest BCUT2D eigenvalue weighted by atomic mass is 10.2. The number of benzene rings is 2. The fourth-order valence-electron chi connectivity index (χ4n) is 2.79. The van der Waals surface area contributed by atoms with Gasteiger partial charge in [-0.25, -0.2) is 15.0 Å². The molecule has 144 valence electrons. The first-order valence-electron chi connectivity index (χ1n) is 8.25. The van der Waals surface area contributed by atoms with Gasteiger partial charge in [-0.05, 0) is 30.5 Å². The molecule has 0 spiro atoms. The first kappa shape index (κ1) is 19.0. The molecule has 0 aliphatic rings. The minimum absolute atomic E-state index is 0.555. The number of rotatable bonds is 6. The van der Waals surface area contributed by atoms with Crippen LogP contribution in [0.2, 0.25) is 0 Å². The normalized spacial score (nSPS) is 11.6. The smallest absolute Gasteiger partial charge is 0.210 e. The minimum Gasteiger partial charge on any atom is -0.493 e. The van der Waals surface area contributed by atoms with Crippen LogP contribution in [0.1, 0.15) is 5.56 Å². The molecule has 2 aromatic carbocycles. The zero-order valence-electron chi connectivity index (χ0n) is 15.7. The van der Waals surface area contributed by atoms with Crippen molar-refractivity contribution in [3.05, 3.63) is 29.8 Å². The van der Waals surface area contributed by atoms with Crippen LogP contribution in [-0.2, 0) is 0 Å². The highest BCUT2D eigenvalue weighted by Gasteiger charge is 2.13. The quantitative estimate of drug-likeness (QED) is 0.301. The summed E-state index contributed by atoms with van der Waals surface area (Å²) >= 11 is 4.91. The van der Waals surface area contributed by atoms with Crippen molar-refractivity contribution in [2.75, 3.05) is 27.6 Å². The van der Waals surface area contributed by atoms with Crippen molar-refractivity contribution >= 4 is 66.2 Å². The first-order valence-corrected chi connectivity index (χ1v) is 11.1. The molecule has 2 heterocycles. The molecule has 0 aliphatic carbocycles. The molecule has 9 heteroatoms. The summed E-state index contributed by atoms with van der Waals surface area (Å²) in [6, 6.07) is 7.71. The molecule has 6 nitrogen and oxygen atoms in total. The molecule has 0 aliphatic heterocycles. The molecule has 0 bridgehead atoms. The molecule has 0 saturated heterocycles. The summed E-state index contributed by atoms with van der Waals surface area (Å²) in [5, 5.41) is 0.690. The van der Waals surface area contributed by atoms with Crippen LogP contribution in [0, 0.1) is 0 Å². The van der Waals surface area contributed by atoms with Gasteiger partial charge in [-0.3, -0.25) is 0 Å². The Morgan fingerprint density at radius 1 is 0.929 bits per heavy atom. The maximum atomic E-state index is 5.39. The molecule has 0 N–H and O–H groups in total. The van der Waals surface area contributed by atoms with E-state index in [2.05, 4.69) is 15.0 Å². The Bertz CT molecular complexity index is 1160. The monoisotopic (exact) mass is 431 g/mol. The van der Waals surface area contributed by atoms with Crippen LogP contribution < -0.4 is 14.2 Å². The molecule has 0 radical (unpaired) electrons. The second-order valence-corrected chi connectivity index (χ2v) is 8.69. The summed E-state index contributed by atoms with van der Waals surface area (Å²) in [5.41, 5.74) is 2.78. The van der Waals surface area contributed by atoms with Gasteiger partial charge in [0.05, 0.1) is 41.8 Å². The number of thioether (sulfide) groups is 1. The third-order valence-corrected chi connectivity index (χ3v) is 7.27. The molecule has 28 heavy (non-hydrogen) atoms. The van der Waals surface area contributed by atoms with E-state index in [4.69, 9.17) is 14.2 Å². The van der Waals surface area contributed by atoms with Gasteiger partial charge in [0.15, 0.2) is 15.8 Å². The van der Waals surface area contributed by atoms with Crippen LogP contribution in [-0.4, -0.2) is 43.8 Å². The average Bonchev–Trinajstić information content (AvgIpc) is 3.34. The summed E-state index contributed by atoms with van der Waals surface area (Å²) in [6.45, 7) is 0. The zero-order valence-corrected chi connectivity index (χ0v) is 18.1.